The van der Waals surface area contributed by atoms with Crippen molar-refractivity contribution in [3.05, 3.63) is 173 Å². The molecule has 1 aliphatic carbocycles. The highest BCUT2D eigenvalue weighted by Gasteiger charge is 2.33. The number of aryl methyl sites for hydroxylation is 1. The summed E-state index contributed by atoms with van der Waals surface area (Å²) in [6.45, 7) is 0. The Kier molecular flexibility index (Phi) is 6.87. The lowest BCUT2D eigenvalue weighted by molar-refractivity contribution is 0.414. The first kappa shape index (κ1) is 29.1. The van der Waals surface area contributed by atoms with Crippen LogP contribution in [0.3, 0.4) is 0 Å². The fraction of sp³-hybridized carbons (Fsp3) is 0.100. The topological polar surface area (TPSA) is 91.6 Å². The van der Waals surface area contributed by atoms with Gasteiger partial charge in [0.25, 0.3) is 5.56 Å². The van der Waals surface area contributed by atoms with E-state index >= 15 is 0 Å². The lowest BCUT2D eigenvalue weighted by atomic mass is 9.83. The van der Waals surface area contributed by atoms with Gasteiger partial charge in [0.1, 0.15) is 17.0 Å². The van der Waals surface area contributed by atoms with Crippen LogP contribution in [0.1, 0.15) is 34.7 Å². The predicted octanol–water partition coefficient (Wildman–Crippen LogP) is 6.29. The monoisotopic (exact) mass is 660 g/mol. The Morgan fingerprint density at radius 2 is 1.65 bits per heavy atom. The highest BCUT2D eigenvalue weighted by Crippen LogP contribution is 2.42. The third-order valence-corrected chi connectivity index (χ3v) is 10.2. The molecular formula is C40H28N4O4S. The minimum atomic E-state index is -0.500. The summed E-state index contributed by atoms with van der Waals surface area (Å²) in [4.78, 5) is 33.7. The van der Waals surface area contributed by atoms with E-state index in [1.54, 1.807) is 23.9 Å². The van der Waals surface area contributed by atoms with Gasteiger partial charge in [0.15, 0.2) is 4.80 Å². The number of thiazole rings is 1. The number of nitrogens with zero attached hydrogens (tertiary/aromatic N) is 4. The summed E-state index contributed by atoms with van der Waals surface area (Å²) in [6, 6.07) is 34.8. The van der Waals surface area contributed by atoms with Crippen LogP contribution in [0.25, 0.3) is 39.7 Å². The molecule has 1 aliphatic heterocycles. The Balaban J connectivity index is 1.27. The van der Waals surface area contributed by atoms with Crippen molar-refractivity contribution in [1.29, 1.82) is 0 Å². The fourth-order valence-electron chi connectivity index (χ4n) is 6.91. The third kappa shape index (κ3) is 4.89. The van der Waals surface area contributed by atoms with Crippen molar-refractivity contribution in [2.45, 2.75) is 18.9 Å². The minimum Gasteiger partial charge on any atom is -0.497 e. The Hall–Kier alpha value is -6.06. The smallest absolute Gasteiger partial charge is 0.345 e. The van der Waals surface area contributed by atoms with E-state index in [1.807, 2.05) is 89.6 Å². The molecule has 0 amide bonds. The van der Waals surface area contributed by atoms with Crippen molar-refractivity contribution in [1.82, 2.24) is 14.3 Å². The number of methoxy groups -OCH3 is 1. The van der Waals surface area contributed by atoms with Gasteiger partial charge in [-0.2, -0.15) is 5.10 Å². The van der Waals surface area contributed by atoms with Crippen LogP contribution in [-0.2, 0) is 6.42 Å². The first-order valence-electron chi connectivity index (χ1n) is 16.0. The van der Waals surface area contributed by atoms with E-state index in [0.29, 0.717) is 31.7 Å². The molecule has 0 bridgehead atoms. The molecule has 238 valence electrons. The van der Waals surface area contributed by atoms with Gasteiger partial charge in [-0.15, -0.1) is 0 Å². The van der Waals surface area contributed by atoms with E-state index in [2.05, 4.69) is 24.3 Å². The van der Waals surface area contributed by atoms with Crippen LogP contribution >= 0.6 is 11.3 Å². The summed E-state index contributed by atoms with van der Waals surface area (Å²) < 4.78 is 15.3. The van der Waals surface area contributed by atoms with Crippen molar-refractivity contribution < 1.29 is 9.15 Å². The summed E-state index contributed by atoms with van der Waals surface area (Å²) in [7, 11) is 1.68. The average Bonchev–Trinajstić information content (AvgIpc) is 3.70. The first-order valence-corrected chi connectivity index (χ1v) is 16.8. The molecule has 0 saturated carbocycles. The molecule has 0 saturated heterocycles. The van der Waals surface area contributed by atoms with E-state index < -0.39 is 5.63 Å². The normalized spacial score (nSPS) is 15.4. The summed E-state index contributed by atoms with van der Waals surface area (Å²) in [5.41, 5.74) is 7.35. The molecule has 3 aromatic heterocycles. The Bertz CT molecular complexity index is 2700. The van der Waals surface area contributed by atoms with Crippen LogP contribution in [-0.4, -0.2) is 21.5 Å². The number of allylic oxidation sites excluding steroid dienone is 1. The molecule has 7 aromatic rings. The van der Waals surface area contributed by atoms with Crippen LogP contribution < -0.4 is 25.3 Å². The maximum atomic E-state index is 14.5. The Morgan fingerprint density at radius 1 is 0.878 bits per heavy atom. The van der Waals surface area contributed by atoms with E-state index in [0.717, 1.165) is 52.1 Å². The molecule has 1 unspecified atom stereocenters. The number of aromatic nitrogens is 3. The van der Waals surface area contributed by atoms with E-state index in [-0.39, 0.29) is 11.6 Å². The van der Waals surface area contributed by atoms with Gasteiger partial charge in [-0.1, -0.05) is 78.1 Å². The molecule has 9 heteroatoms. The Labute approximate surface area is 283 Å². The summed E-state index contributed by atoms with van der Waals surface area (Å²) in [6.07, 6.45) is 5.27. The average molecular weight is 661 g/mol. The number of hydrogen-bond donors (Lipinski definition) is 0. The molecule has 0 fully saturated rings. The second-order valence-electron chi connectivity index (χ2n) is 12.1. The van der Waals surface area contributed by atoms with Crippen LogP contribution in [0.2, 0.25) is 0 Å². The first-order chi connectivity index (χ1) is 24.1. The summed E-state index contributed by atoms with van der Waals surface area (Å²) in [5, 5.41) is 5.65. The quantitative estimate of drug-likeness (QED) is 0.203. The number of hydrogen-bond acceptors (Lipinski definition) is 7. The number of para-hydroxylation sites is 2. The second-order valence-corrected chi connectivity index (χ2v) is 13.1. The van der Waals surface area contributed by atoms with Gasteiger partial charge in [0.2, 0.25) is 0 Å². The zero-order valence-corrected chi connectivity index (χ0v) is 27.2. The SMILES string of the molecule is COc1ccc2c(c1)CCC1=C2N=c2sc(=Cc3cn(-c4ccccc4)nc3-c3cc4ccccc4oc3=O)c(=O)n2C1c1ccccc1. The summed E-state index contributed by atoms with van der Waals surface area (Å²) in [5.74, 6) is 0.815. The van der Waals surface area contributed by atoms with Crippen molar-refractivity contribution >= 4 is 34.1 Å². The van der Waals surface area contributed by atoms with Crippen molar-refractivity contribution in [2.75, 3.05) is 7.11 Å². The van der Waals surface area contributed by atoms with Gasteiger partial charge in [-0.05, 0) is 78.1 Å². The van der Waals surface area contributed by atoms with Gasteiger partial charge in [-0.3, -0.25) is 9.36 Å². The van der Waals surface area contributed by atoms with Crippen molar-refractivity contribution in [2.24, 2.45) is 4.99 Å². The zero-order valence-electron chi connectivity index (χ0n) is 26.4. The molecular weight excluding hydrogens is 633 g/mol. The molecule has 0 spiro atoms. The highest BCUT2D eigenvalue weighted by atomic mass is 32.1. The summed E-state index contributed by atoms with van der Waals surface area (Å²) >= 11 is 1.34. The fourth-order valence-corrected chi connectivity index (χ4v) is 7.90. The maximum Gasteiger partial charge on any atom is 0.345 e. The van der Waals surface area contributed by atoms with Crippen LogP contribution in [0, 0.1) is 0 Å². The molecule has 2 aliphatic rings. The largest absolute Gasteiger partial charge is 0.497 e. The standard InChI is InChI=1S/C40H28N4O4S/c1-47-29-17-19-30-25(20-29)16-18-31-36(30)41-40-44(37(31)24-10-4-2-5-11-24)38(45)34(49-40)22-27-23-43(28-13-6-3-7-14-28)42-35(27)32-21-26-12-8-9-15-33(26)48-39(32)46/h2-15,17,19-23,37H,16,18H2,1H3. The number of fused-ring (bicyclic) bond motifs is 4. The maximum absolute atomic E-state index is 14.5. The lowest BCUT2D eigenvalue weighted by Gasteiger charge is -2.31. The molecule has 9 rings (SSSR count). The lowest BCUT2D eigenvalue weighted by Crippen LogP contribution is -2.38. The Morgan fingerprint density at radius 3 is 2.47 bits per heavy atom. The molecule has 4 aromatic carbocycles. The van der Waals surface area contributed by atoms with Gasteiger partial charge in [-0.25, -0.2) is 14.5 Å². The van der Waals surface area contributed by atoms with E-state index in [9.17, 15) is 9.59 Å². The van der Waals surface area contributed by atoms with Crippen LogP contribution in [0.15, 0.2) is 140 Å². The molecule has 0 N–H and O–H groups in total. The van der Waals surface area contributed by atoms with E-state index in [4.69, 9.17) is 19.2 Å². The molecule has 49 heavy (non-hydrogen) atoms. The van der Waals surface area contributed by atoms with Gasteiger partial charge in [0, 0.05) is 22.7 Å². The highest BCUT2D eigenvalue weighted by molar-refractivity contribution is 7.07. The number of benzene rings is 4. The van der Waals surface area contributed by atoms with Crippen molar-refractivity contribution in [3.8, 4) is 22.7 Å². The minimum absolute atomic E-state index is 0.145. The van der Waals surface area contributed by atoms with Crippen LogP contribution in [0.4, 0.5) is 0 Å². The molecule has 1 atom stereocenters. The number of ether oxygens (including phenoxy) is 1. The van der Waals surface area contributed by atoms with Crippen LogP contribution in [0.5, 0.6) is 5.75 Å². The van der Waals surface area contributed by atoms with Gasteiger partial charge < -0.3 is 9.15 Å². The number of rotatable bonds is 5. The van der Waals surface area contributed by atoms with E-state index in [1.165, 1.54) is 16.9 Å². The predicted molar refractivity (Wildman–Crippen MR) is 191 cm³/mol. The van der Waals surface area contributed by atoms with Gasteiger partial charge in [0.05, 0.1) is 34.6 Å². The molecule has 8 nitrogen and oxygen atoms in total. The third-order valence-electron chi connectivity index (χ3n) is 9.23. The molecule has 4 heterocycles. The zero-order chi connectivity index (χ0) is 33.1. The second kappa shape index (κ2) is 11.6. The van der Waals surface area contributed by atoms with Crippen molar-refractivity contribution in [3.63, 3.8) is 0 Å². The molecule has 0 radical (unpaired) electrons. The van der Waals surface area contributed by atoms with Gasteiger partial charge >= 0.3 is 5.63 Å².